The molecule has 2 fully saturated rings. The number of hydrogen-bond acceptors (Lipinski definition) is 2. The standard InChI is InChI=1S/C8H14N2O.ClH/c9-6-4-8(11)10(5-6)7-2-1-3-7;/h6-7H,1-5,9H2;1H. The van der Waals surface area contributed by atoms with Crippen molar-refractivity contribution in [2.45, 2.75) is 37.8 Å². The molecule has 2 aliphatic rings. The Morgan fingerprint density at radius 3 is 2.42 bits per heavy atom. The third-order valence-electron chi connectivity index (χ3n) is 2.70. The molecule has 1 aliphatic heterocycles. The van der Waals surface area contributed by atoms with Crippen LogP contribution >= 0.6 is 12.4 Å². The molecule has 0 aromatic heterocycles. The summed E-state index contributed by atoms with van der Waals surface area (Å²) < 4.78 is 0. The summed E-state index contributed by atoms with van der Waals surface area (Å²) in [5, 5.41) is 0. The number of nitrogens with zero attached hydrogens (tertiary/aromatic N) is 1. The molecule has 1 saturated carbocycles. The number of carbonyl (C=O) groups is 1. The van der Waals surface area contributed by atoms with Crippen molar-refractivity contribution in [2.24, 2.45) is 5.73 Å². The molecule has 4 heteroatoms. The van der Waals surface area contributed by atoms with Gasteiger partial charge in [-0.05, 0) is 19.3 Å². The first-order chi connectivity index (χ1) is 5.27. The Hall–Kier alpha value is -0.280. The Kier molecular flexibility index (Phi) is 2.96. The van der Waals surface area contributed by atoms with Crippen molar-refractivity contribution in [1.29, 1.82) is 0 Å². The molecule has 0 bridgehead atoms. The summed E-state index contributed by atoms with van der Waals surface area (Å²) in [6.07, 6.45) is 4.23. The Labute approximate surface area is 78.7 Å². The Bertz CT molecular complexity index is 182. The van der Waals surface area contributed by atoms with E-state index in [-0.39, 0.29) is 24.4 Å². The first-order valence-corrected chi connectivity index (χ1v) is 4.32. The summed E-state index contributed by atoms with van der Waals surface area (Å²) >= 11 is 0. The minimum Gasteiger partial charge on any atom is -0.338 e. The number of rotatable bonds is 1. The maximum atomic E-state index is 11.3. The van der Waals surface area contributed by atoms with Gasteiger partial charge in [-0.2, -0.15) is 0 Å². The van der Waals surface area contributed by atoms with Gasteiger partial charge < -0.3 is 10.6 Å². The van der Waals surface area contributed by atoms with E-state index in [1.54, 1.807) is 0 Å². The zero-order chi connectivity index (χ0) is 7.84. The van der Waals surface area contributed by atoms with Crippen LogP contribution in [0.15, 0.2) is 0 Å². The Morgan fingerprint density at radius 1 is 1.42 bits per heavy atom. The van der Waals surface area contributed by atoms with Crippen LogP contribution in [-0.4, -0.2) is 29.4 Å². The SMILES string of the molecule is Cl.NC1CC(=O)N(C2CCC2)C1. The molecule has 1 saturated heterocycles. The quantitative estimate of drug-likeness (QED) is 0.656. The number of hydrogen-bond donors (Lipinski definition) is 1. The van der Waals surface area contributed by atoms with Crippen LogP contribution in [0.25, 0.3) is 0 Å². The molecule has 0 spiro atoms. The van der Waals surface area contributed by atoms with E-state index in [1.807, 2.05) is 4.90 Å². The largest absolute Gasteiger partial charge is 0.338 e. The van der Waals surface area contributed by atoms with Crippen LogP contribution in [0, 0.1) is 0 Å². The van der Waals surface area contributed by atoms with E-state index in [1.165, 1.54) is 19.3 Å². The van der Waals surface area contributed by atoms with Gasteiger partial charge in [0.05, 0.1) is 0 Å². The highest BCUT2D eigenvalue weighted by atomic mass is 35.5. The van der Waals surface area contributed by atoms with Gasteiger partial charge in [0.2, 0.25) is 5.91 Å². The first kappa shape index (κ1) is 9.81. The van der Waals surface area contributed by atoms with Crippen molar-refractivity contribution in [3.63, 3.8) is 0 Å². The highest BCUT2D eigenvalue weighted by molar-refractivity contribution is 5.85. The summed E-state index contributed by atoms with van der Waals surface area (Å²) in [5.41, 5.74) is 5.67. The van der Waals surface area contributed by atoms with Crippen molar-refractivity contribution < 1.29 is 4.79 Å². The highest BCUT2D eigenvalue weighted by Crippen LogP contribution is 2.27. The van der Waals surface area contributed by atoms with Gasteiger partial charge in [-0.25, -0.2) is 0 Å². The molecule has 3 nitrogen and oxygen atoms in total. The monoisotopic (exact) mass is 190 g/mol. The summed E-state index contributed by atoms with van der Waals surface area (Å²) in [4.78, 5) is 13.2. The summed E-state index contributed by atoms with van der Waals surface area (Å²) in [6, 6.07) is 0.638. The number of carbonyl (C=O) groups excluding carboxylic acids is 1. The van der Waals surface area contributed by atoms with Gasteiger partial charge in [0.1, 0.15) is 0 Å². The molecular weight excluding hydrogens is 176 g/mol. The molecule has 0 radical (unpaired) electrons. The molecule has 2 rings (SSSR count). The highest BCUT2D eigenvalue weighted by Gasteiger charge is 2.34. The van der Waals surface area contributed by atoms with Crippen LogP contribution in [-0.2, 0) is 4.79 Å². The second-order valence-electron chi connectivity index (χ2n) is 3.60. The lowest BCUT2D eigenvalue weighted by molar-refractivity contribution is -0.131. The molecule has 12 heavy (non-hydrogen) atoms. The second-order valence-corrected chi connectivity index (χ2v) is 3.60. The van der Waals surface area contributed by atoms with Gasteiger partial charge in [-0.15, -0.1) is 12.4 Å². The molecule has 0 aromatic carbocycles. The average Bonchev–Trinajstić information content (AvgIpc) is 2.07. The smallest absolute Gasteiger partial charge is 0.224 e. The van der Waals surface area contributed by atoms with E-state index in [0.717, 1.165) is 6.54 Å². The van der Waals surface area contributed by atoms with Crippen molar-refractivity contribution >= 4 is 18.3 Å². The lowest BCUT2D eigenvalue weighted by atomic mass is 9.92. The number of amides is 1. The van der Waals surface area contributed by atoms with E-state index in [2.05, 4.69) is 0 Å². The van der Waals surface area contributed by atoms with Crippen LogP contribution in [0.4, 0.5) is 0 Å². The summed E-state index contributed by atoms with van der Waals surface area (Å²) in [7, 11) is 0. The fraction of sp³-hybridized carbons (Fsp3) is 0.875. The lowest BCUT2D eigenvalue weighted by Crippen LogP contribution is -2.41. The molecule has 1 heterocycles. The Morgan fingerprint density at radius 2 is 2.08 bits per heavy atom. The number of nitrogens with two attached hydrogens (primary N) is 1. The molecule has 1 aliphatic carbocycles. The molecule has 1 amide bonds. The fourth-order valence-electron chi connectivity index (χ4n) is 1.81. The van der Waals surface area contributed by atoms with Gasteiger partial charge in [-0.3, -0.25) is 4.79 Å². The molecule has 1 atom stereocenters. The van der Waals surface area contributed by atoms with E-state index < -0.39 is 0 Å². The topological polar surface area (TPSA) is 46.3 Å². The first-order valence-electron chi connectivity index (χ1n) is 4.32. The predicted molar refractivity (Wildman–Crippen MR) is 49.2 cm³/mol. The number of halogens is 1. The normalized spacial score (nSPS) is 29.9. The van der Waals surface area contributed by atoms with Crippen LogP contribution < -0.4 is 5.73 Å². The van der Waals surface area contributed by atoms with Gasteiger partial charge in [0, 0.05) is 25.0 Å². The lowest BCUT2D eigenvalue weighted by Gasteiger charge is -2.34. The van der Waals surface area contributed by atoms with E-state index >= 15 is 0 Å². The van der Waals surface area contributed by atoms with Crippen LogP contribution in [0.2, 0.25) is 0 Å². The van der Waals surface area contributed by atoms with E-state index in [9.17, 15) is 4.79 Å². The Balaban J connectivity index is 0.000000720. The van der Waals surface area contributed by atoms with E-state index in [4.69, 9.17) is 5.73 Å². The fourth-order valence-corrected chi connectivity index (χ4v) is 1.81. The average molecular weight is 191 g/mol. The minimum absolute atomic E-state index is 0. The summed E-state index contributed by atoms with van der Waals surface area (Å²) in [6.45, 7) is 0.795. The number of likely N-dealkylation sites (tertiary alicyclic amines) is 1. The predicted octanol–water partition coefficient (Wildman–Crippen LogP) is 0.520. The summed E-state index contributed by atoms with van der Waals surface area (Å²) in [5.74, 6) is 0.266. The molecule has 1 unspecified atom stereocenters. The van der Waals surface area contributed by atoms with Gasteiger partial charge >= 0.3 is 0 Å². The maximum Gasteiger partial charge on any atom is 0.224 e. The zero-order valence-corrected chi connectivity index (χ0v) is 7.85. The van der Waals surface area contributed by atoms with Gasteiger partial charge in [0.15, 0.2) is 0 Å². The van der Waals surface area contributed by atoms with E-state index in [0.29, 0.717) is 12.5 Å². The van der Waals surface area contributed by atoms with Crippen molar-refractivity contribution in [2.75, 3.05) is 6.54 Å². The van der Waals surface area contributed by atoms with Gasteiger partial charge in [0.25, 0.3) is 0 Å². The van der Waals surface area contributed by atoms with Crippen molar-refractivity contribution in [3.05, 3.63) is 0 Å². The maximum absolute atomic E-state index is 11.3. The molecule has 70 valence electrons. The van der Waals surface area contributed by atoms with Crippen LogP contribution in [0.1, 0.15) is 25.7 Å². The third-order valence-corrected chi connectivity index (χ3v) is 2.70. The molecule has 0 aromatic rings. The van der Waals surface area contributed by atoms with Crippen molar-refractivity contribution in [3.8, 4) is 0 Å². The van der Waals surface area contributed by atoms with Crippen molar-refractivity contribution in [1.82, 2.24) is 4.90 Å². The van der Waals surface area contributed by atoms with Crippen LogP contribution in [0.3, 0.4) is 0 Å². The third kappa shape index (κ3) is 1.57. The zero-order valence-electron chi connectivity index (χ0n) is 7.03. The second kappa shape index (κ2) is 3.62. The molecular formula is C8H15ClN2O. The van der Waals surface area contributed by atoms with Gasteiger partial charge in [-0.1, -0.05) is 0 Å². The molecule has 2 N–H and O–H groups in total. The van der Waals surface area contributed by atoms with Crippen LogP contribution in [0.5, 0.6) is 0 Å². The minimum atomic E-state index is 0.